The summed E-state index contributed by atoms with van der Waals surface area (Å²) in [6, 6.07) is 8.47. The normalized spacial score (nSPS) is 11.5. The second-order valence-corrected chi connectivity index (χ2v) is 4.03. The molecular weight excluding hydrogens is 214 g/mol. The monoisotopic (exact) mass is 235 g/mol. The van der Waals surface area contributed by atoms with E-state index in [4.69, 9.17) is 10.9 Å². The lowest BCUT2D eigenvalue weighted by atomic mass is 10.1. The third kappa shape index (κ3) is 5.24. The number of nitrogens with zero attached hydrogens (tertiary/aromatic N) is 1. The van der Waals surface area contributed by atoms with E-state index in [1.165, 1.54) is 5.56 Å². The topological polar surface area (TPSA) is 70.6 Å². The number of anilines is 1. The van der Waals surface area contributed by atoms with E-state index < -0.39 is 0 Å². The third-order valence-corrected chi connectivity index (χ3v) is 2.68. The third-order valence-electron chi connectivity index (χ3n) is 2.68. The van der Waals surface area contributed by atoms with E-state index >= 15 is 0 Å². The van der Waals surface area contributed by atoms with Crippen LogP contribution in [0.15, 0.2) is 29.4 Å². The number of nitrogens with two attached hydrogens (primary N) is 1. The zero-order chi connectivity index (χ0) is 12.5. The van der Waals surface area contributed by atoms with Crippen LogP contribution in [0.2, 0.25) is 0 Å². The van der Waals surface area contributed by atoms with Crippen LogP contribution in [0.4, 0.5) is 5.69 Å². The van der Waals surface area contributed by atoms with E-state index in [-0.39, 0.29) is 0 Å². The molecule has 0 heterocycles. The van der Waals surface area contributed by atoms with Crippen LogP contribution in [0.5, 0.6) is 0 Å². The molecule has 1 rings (SSSR count). The molecule has 1 aromatic carbocycles. The van der Waals surface area contributed by atoms with Crippen LogP contribution in [0.25, 0.3) is 0 Å². The molecule has 94 valence electrons. The summed E-state index contributed by atoms with van der Waals surface area (Å²) in [4.78, 5) is 0. The minimum Gasteiger partial charge on any atom is -0.409 e. The highest BCUT2D eigenvalue weighted by molar-refractivity contribution is 5.79. The molecule has 0 unspecified atom stereocenters. The molecule has 0 bridgehead atoms. The van der Waals surface area contributed by atoms with Crippen molar-refractivity contribution in [1.82, 2.24) is 0 Å². The molecule has 4 nitrogen and oxygen atoms in total. The molecule has 0 radical (unpaired) electrons. The number of nitrogens with one attached hydrogen (secondary N) is 1. The molecule has 0 amide bonds. The second-order valence-electron chi connectivity index (χ2n) is 4.03. The van der Waals surface area contributed by atoms with Gasteiger partial charge in [-0.25, -0.2) is 0 Å². The van der Waals surface area contributed by atoms with Gasteiger partial charge in [0.05, 0.1) is 0 Å². The van der Waals surface area contributed by atoms with Gasteiger partial charge in [0.25, 0.3) is 0 Å². The number of hydrogen-bond donors (Lipinski definition) is 3. The molecule has 0 saturated carbocycles. The van der Waals surface area contributed by atoms with Gasteiger partial charge in [0.1, 0.15) is 5.84 Å². The molecule has 0 spiro atoms. The molecule has 4 heteroatoms. The van der Waals surface area contributed by atoms with Gasteiger partial charge in [-0.1, -0.05) is 24.2 Å². The van der Waals surface area contributed by atoms with E-state index in [9.17, 15) is 0 Å². The lowest BCUT2D eigenvalue weighted by Crippen LogP contribution is -2.11. The Hall–Kier alpha value is -1.71. The van der Waals surface area contributed by atoms with Gasteiger partial charge in [0.15, 0.2) is 0 Å². The number of oxime groups is 1. The fraction of sp³-hybridized carbons (Fsp3) is 0.462. The molecule has 0 fully saturated rings. The van der Waals surface area contributed by atoms with Crippen molar-refractivity contribution in [3.8, 4) is 0 Å². The summed E-state index contributed by atoms with van der Waals surface area (Å²) in [6.07, 6.45) is 3.65. The fourth-order valence-electron chi connectivity index (χ4n) is 1.57. The molecular formula is C13H21N3O. The van der Waals surface area contributed by atoms with Crippen molar-refractivity contribution in [3.05, 3.63) is 29.8 Å². The maximum absolute atomic E-state index is 8.37. The van der Waals surface area contributed by atoms with Crippen molar-refractivity contribution in [2.24, 2.45) is 10.9 Å². The highest BCUT2D eigenvalue weighted by Crippen LogP contribution is 2.10. The Morgan fingerprint density at radius 3 is 2.59 bits per heavy atom. The predicted molar refractivity (Wildman–Crippen MR) is 71.6 cm³/mol. The van der Waals surface area contributed by atoms with Gasteiger partial charge in [-0.3, -0.25) is 0 Å². The molecule has 4 N–H and O–H groups in total. The summed E-state index contributed by atoms with van der Waals surface area (Å²) in [5.74, 6) is 0.303. The number of hydrogen-bond acceptors (Lipinski definition) is 3. The molecule has 0 aliphatic heterocycles. The van der Waals surface area contributed by atoms with Crippen LogP contribution in [0.3, 0.4) is 0 Å². The highest BCUT2D eigenvalue weighted by atomic mass is 16.4. The minimum atomic E-state index is 0.303. The van der Waals surface area contributed by atoms with Crippen LogP contribution < -0.4 is 11.1 Å². The van der Waals surface area contributed by atoms with E-state index in [1.807, 2.05) is 0 Å². The number of rotatable bonds is 7. The van der Waals surface area contributed by atoms with Crippen LogP contribution >= 0.6 is 0 Å². The van der Waals surface area contributed by atoms with Crippen molar-refractivity contribution in [2.75, 3.05) is 11.9 Å². The Morgan fingerprint density at radius 2 is 2.00 bits per heavy atom. The summed E-state index contributed by atoms with van der Waals surface area (Å²) < 4.78 is 0. The van der Waals surface area contributed by atoms with Crippen molar-refractivity contribution in [2.45, 2.75) is 32.6 Å². The Kier molecular flexibility index (Phi) is 5.93. The smallest absolute Gasteiger partial charge is 0.139 e. The van der Waals surface area contributed by atoms with Crippen molar-refractivity contribution in [1.29, 1.82) is 0 Å². The van der Waals surface area contributed by atoms with E-state index in [0.29, 0.717) is 12.3 Å². The minimum absolute atomic E-state index is 0.303. The first-order valence-electron chi connectivity index (χ1n) is 6.05. The molecule has 0 saturated heterocycles. The molecule has 0 aliphatic rings. The van der Waals surface area contributed by atoms with Crippen LogP contribution in [-0.2, 0) is 6.42 Å². The van der Waals surface area contributed by atoms with Crippen LogP contribution in [-0.4, -0.2) is 17.6 Å². The lowest BCUT2D eigenvalue weighted by Gasteiger charge is -2.06. The second kappa shape index (κ2) is 7.54. The Labute approximate surface area is 103 Å². The number of aryl methyl sites for hydroxylation is 1. The number of benzene rings is 1. The fourth-order valence-corrected chi connectivity index (χ4v) is 1.57. The van der Waals surface area contributed by atoms with Gasteiger partial charge in [0.2, 0.25) is 0 Å². The van der Waals surface area contributed by atoms with Gasteiger partial charge >= 0.3 is 0 Å². The van der Waals surface area contributed by atoms with Gasteiger partial charge < -0.3 is 16.3 Å². The Bertz CT molecular complexity index is 346. The van der Waals surface area contributed by atoms with Crippen molar-refractivity contribution in [3.63, 3.8) is 0 Å². The maximum Gasteiger partial charge on any atom is 0.139 e. The summed E-state index contributed by atoms with van der Waals surface area (Å²) in [5.41, 5.74) is 7.87. The zero-order valence-electron chi connectivity index (χ0n) is 10.3. The SMILES string of the molecule is CCc1ccc(NCCCCC(N)=NO)cc1. The van der Waals surface area contributed by atoms with Gasteiger partial charge in [-0.15, -0.1) is 0 Å². The van der Waals surface area contributed by atoms with Crippen molar-refractivity contribution < 1.29 is 5.21 Å². The van der Waals surface area contributed by atoms with E-state index in [0.717, 1.165) is 31.5 Å². The molecule has 0 atom stereocenters. The molecule has 17 heavy (non-hydrogen) atoms. The average molecular weight is 235 g/mol. The van der Waals surface area contributed by atoms with Crippen LogP contribution in [0.1, 0.15) is 31.7 Å². The summed E-state index contributed by atoms with van der Waals surface area (Å²) in [5, 5.41) is 14.6. The first-order chi connectivity index (χ1) is 8.26. The quantitative estimate of drug-likeness (QED) is 0.224. The summed E-state index contributed by atoms with van der Waals surface area (Å²) in [6.45, 7) is 3.06. The first kappa shape index (κ1) is 13.4. The number of amidine groups is 1. The van der Waals surface area contributed by atoms with Gasteiger partial charge in [-0.05, 0) is 37.0 Å². The summed E-state index contributed by atoms with van der Waals surface area (Å²) >= 11 is 0. The molecule has 1 aromatic rings. The average Bonchev–Trinajstić information content (AvgIpc) is 2.38. The van der Waals surface area contributed by atoms with E-state index in [2.05, 4.69) is 41.7 Å². The van der Waals surface area contributed by atoms with Crippen LogP contribution in [0, 0.1) is 0 Å². The van der Waals surface area contributed by atoms with E-state index in [1.54, 1.807) is 0 Å². The van der Waals surface area contributed by atoms with Gasteiger partial charge in [0, 0.05) is 18.7 Å². The number of unbranched alkanes of at least 4 members (excludes halogenated alkanes) is 1. The predicted octanol–water partition coefficient (Wildman–Crippen LogP) is 2.58. The molecule has 0 aromatic heterocycles. The Morgan fingerprint density at radius 1 is 1.29 bits per heavy atom. The van der Waals surface area contributed by atoms with Crippen molar-refractivity contribution >= 4 is 11.5 Å². The zero-order valence-corrected chi connectivity index (χ0v) is 10.3. The highest BCUT2D eigenvalue weighted by Gasteiger charge is 1.95. The van der Waals surface area contributed by atoms with Gasteiger partial charge in [-0.2, -0.15) is 0 Å². The lowest BCUT2D eigenvalue weighted by molar-refractivity contribution is 0.316. The maximum atomic E-state index is 8.37. The summed E-state index contributed by atoms with van der Waals surface area (Å²) in [7, 11) is 0. The first-order valence-corrected chi connectivity index (χ1v) is 6.05. The Balaban J connectivity index is 2.17. The largest absolute Gasteiger partial charge is 0.409 e. The molecule has 0 aliphatic carbocycles. The standard InChI is InChI=1S/C13H21N3O/c1-2-11-6-8-12(9-7-11)15-10-4-3-5-13(14)16-17/h6-9,15,17H,2-5,10H2,1H3,(H2,14,16).